The maximum atomic E-state index is 2.41. The van der Waals surface area contributed by atoms with Gasteiger partial charge in [-0.1, -0.05) is 66.7 Å². The molecule has 0 bridgehead atoms. The first-order valence-electron chi connectivity index (χ1n) is 7.13. The zero-order chi connectivity index (χ0) is 11.7. The standard InChI is InChI=1S/C15H32/c1-6-9-10-15(11-13(4)7-2)12-14(5)8-3/h13-15H,6-12H2,1-5H3. The molecular weight excluding hydrogens is 180 g/mol. The molecule has 0 spiro atoms. The molecule has 15 heavy (non-hydrogen) atoms. The van der Waals surface area contributed by atoms with Crippen LogP contribution in [0.1, 0.15) is 79.6 Å². The Morgan fingerprint density at radius 3 is 1.60 bits per heavy atom. The number of rotatable bonds is 9. The van der Waals surface area contributed by atoms with Gasteiger partial charge < -0.3 is 0 Å². The van der Waals surface area contributed by atoms with Gasteiger partial charge in [-0.2, -0.15) is 0 Å². The third-order valence-electron chi connectivity index (χ3n) is 3.83. The Hall–Kier alpha value is 0. The van der Waals surface area contributed by atoms with Crippen LogP contribution in [0.15, 0.2) is 0 Å². The van der Waals surface area contributed by atoms with Crippen LogP contribution < -0.4 is 0 Å². The van der Waals surface area contributed by atoms with Crippen molar-refractivity contribution in [3.05, 3.63) is 0 Å². The number of unbranched alkanes of at least 4 members (excludes halogenated alkanes) is 1. The second-order valence-electron chi connectivity index (χ2n) is 5.51. The van der Waals surface area contributed by atoms with Gasteiger partial charge in [-0.3, -0.25) is 0 Å². The molecule has 0 aromatic carbocycles. The van der Waals surface area contributed by atoms with Crippen molar-refractivity contribution in [1.82, 2.24) is 0 Å². The maximum absolute atomic E-state index is 2.41. The van der Waals surface area contributed by atoms with Crippen molar-refractivity contribution in [3.63, 3.8) is 0 Å². The number of hydrogen-bond acceptors (Lipinski definition) is 0. The molecule has 0 saturated carbocycles. The highest BCUT2D eigenvalue weighted by molar-refractivity contribution is 4.66. The second-order valence-corrected chi connectivity index (χ2v) is 5.51. The van der Waals surface area contributed by atoms with Gasteiger partial charge in [0.15, 0.2) is 0 Å². The molecule has 0 nitrogen and oxygen atoms in total. The normalized spacial score (nSPS) is 17.4. The molecule has 92 valence electrons. The molecule has 0 heterocycles. The summed E-state index contributed by atoms with van der Waals surface area (Å²) in [6.07, 6.45) is 9.87. The van der Waals surface area contributed by atoms with Gasteiger partial charge in [-0.15, -0.1) is 0 Å². The van der Waals surface area contributed by atoms with E-state index in [4.69, 9.17) is 0 Å². The summed E-state index contributed by atoms with van der Waals surface area (Å²) in [7, 11) is 0. The van der Waals surface area contributed by atoms with Crippen LogP contribution in [0.4, 0.5) is 0 Å². The Morgan fingerprint density at radius 2 is 1.27 bits per heavy atom. The van der Waals surface area contributed by atoms with Gasteiger partial charge in [0, 0.05) is 0 Å². The van der Waals surface area contributed by atoms with Crippen molar-refractivity contribution >= 4 is 0 Å². The summed E-state index contributed by atoms with van der Waals surface area (Å²) in [5.74, 6) is 2.85. The van der Waals surface area contributed by atoms with Crippen LogP contribution in [-0.4, -0.2) is 0 Å². The van der Waals surface area contributed by atoms with Crippen LogP contribution in [0.3, 0.4) is 0 Å². The fourth-order valence-corrected chi connectivity index (χ4v) is 2.30. The van der Waals surface area contributed by atoms with E-state index in [1.165, 1.54) is 44.9 Å². The average molecular weight is 212 g/mol. The molecule has 0 aromatic rings. The van der Waals surface area contributed by atoms with Gasteiger partial charge in [0.1, 0.15) is 0 Å². The van der Waals surface area contributed by atoms with Gasteiger partial charge >= 0.3 is 0 Å². The number of hydrogen-bond donors (Lipinski definition) is 0. The van der Waals surface area contributed by atoms with Crippen molar-refractivity contribution in [2.75, 3.05) is 0 Å². The van der Waals surface area contributed by atoms with Crippen LogP contribution in [-0.2, 0) is 0 Å². The van der Waals surface area contributed by atoms with Crippen molar-refractivity contribution < 1.29 is 0 Å². The third-order valence-corrected chi connectivity index (χ3v) is 3.83. The summed E-state index contributed by atoms with van der Waals surface area (Å²) in [5, 5.41) is 0. The Bertz CT molecular complexity index is 116. The summed E-state index contributed by atoms with van der Waals surface area (Å²) in [6.45, 7) is 11.8. The summed E-state index contributed by atoms with van der Waals surface area (Å²) < 4.78 is 0. The van der Waals surface area contributed by atoms with Crippen LogP contribution in [0, 0.1) is 17.8 Å². The monoisotopic (exact) mass is 212 g/mol. The Morgan fingerprint density at radius 1 is 0.800 bits per heavy atom. The summed E-state index contributed by atoms with van der Waals surface area (Å²) >= 11 is 0. The van der Waals surface area contributed by atoms with E-state index in [9.17, 15) is 0 Å². The van der Waals surface area contributed by atoms with E-state index in [1.54, 1.807) is 0 Å². The smallest absolute Gasteiger partial charge is 0.0409 e. The van der Waals surface area contributed by atoms with Gasteiger partial charge in [0.25, 0.3) is 0 Å². The molecule has 2 atom stereocenters. The van der Waals surface area contributed by atoms with Gasteiger partial charge in [-0.05, 0) is 30.6 Å². The molecule has 0 aliphatic carbocycles. The van der Waals surface area contributed by atoms with Gasteiger partial charge in [0.2, 0.25) is 0 Å². The minimum absolute atomic E-state index is 0.927. The van der Waals surface area contributed by atoms with Crippen molar-refractivity contribution in [2.45, 2.75) is 79.6 Å². The molecule has 0 aliphatic rings. The van der Waals surface area contributed by atoms with Crippen molar-refractivity contribution in [1.29, 1.82) is 0 Å². The molecule has 2 unspecified atom stereocenters. The second kappa shape index (κ2) is 9.24. The highest BCUT2D eigenvalue weighted by Crippen LogP contribution is 2.27. The first-order chi connectivity index (χ1) is 7.13. The van der Waals surface area contributed by atoms with E-state index in [2.05, 4.69) is 34.6 Å². The first-order valence-corrected chi connectivity index (χ1v) is 7.13. The first kappa shape index (κ1) is 15.0. The zero-order valence-corrected chi connectivity index (χ0v) is 11.7. The summed E-state index contributed by atoms with van der Waals surface area (Å²) in [5.41, 5.74) is 0. The molecule has 0 radical (unpaired) electrons. The maximum Gasteiger partial charge on any atom is -0.0409 e. The van der Waals surface area contributed by atoms with Crippen molar-refractivity contribution in [2.24, 2.45) is 17.8 Å². The van der Waals surface area contributed by atoms with Crippen LogP contribution in [0.5, 0.6) is 0 Å². The molecule has 0 aromatic heterocycles. The minimum atomic E-state index is 0.927. The Kier molecular flexibility index (Phi) is 9.24. The highest BCUT2D eigenvalue weighted by Gasteiger charge is 2.14. The predicted octanol–water partition coefficient (Wildman–Crippen LogP) is 5.67. The third kappa shape index (κ3) is 7.88. The van der Waals surface area contributed by atoms with E-state index in [0.717, 1.165) is 17.8 Å². The van der Waals surface area contributed by atoms with Crippen LogP contribution >= 0.6 is 0 Å². The van der Waals surface area contributed by atoms with E-state index in [1.807, 2.05) is 0 Å². The lowest BCUT2D eigenvalue weighted by molar-refractivity contribution is 0.293. The highest BCUT2D eigenvalue weighted by atomic mass is 14.2. The quantitative estimate of drug-likeness (QED) is 0.462. The van der Waals surface area contributed by atoms with Crippen LogP contribution in [0.2, 0.25) is 0 Å². The van der Waals surface area contributed by atoms with E-state index in [0.29, 0.717) is 0 Å². The lowest BCUT2D eigenvalue weighted by atomic mass is 9.83. The lowest BCUT2D eigenvalue weighted by Crippen LogP contribution is -2.10. The van der Waals surface area contributed by atoms with Crippen molar-refractivity contribution in [3.8, 4) is 0 Å². The van der Waals surface area contributed by atoms with Gasteiger partial charge in [-0.25, -0.2) is 0 Å². The predicted molar refractivity (Wildman–Crippen MR) is 71.2 cm³/mol. The average Bonchev–Trinajstić information content (AvgIpc) is 2.25. The molecule has 0 N–H and O–H groups in total. The van der Waals surface area contributed by atoms with Crippen LogP contribution in [0.25, 0.3) is 0 Å². The zero-order valence-electron chi connectivity index (χ0n) is 11.7. The molecule has 0 heteroatoms. The summed E-state index contributed by atoms with van der Waals surface area (Å²) in [6, 6.07) is 0. The summed E-state index contributed by atoms with van der Waals surface area (Å²) in [4.78, 5) is 0. The minimum Gasteiger partial charge on any atom is -0.0654 e. The molecule has 0 aliphatic heterocycles. The molecular formula is C15H32. The fraction of sp³-hybridized carbons (Fsp3) is 1.00. The van der Waals surface area contributed by atoms with Gasteiger partial charge in [0.05, 0.1) is 0 Å². The SMILES string of the molecule is CCCCC(CC(C)CC)CC(C)CC. The Labute approximate surface area is 97.8 Å². The molecule has 0 amide bonds. The molecule has 0 rings (SSSR count). The van der Waals surface area contributed by atoms with E-state index < -0.39 is 0 Å². The lowest BCUT2D eigenvalue weighted by Gasteiger charge is -2.23. The molecule has 0 saturated heterocycles. The van der Waals surface area contributed by atoms with E-state index >= 15 is 0 Å². The topological polar surface area (TPSA) is 0 Å². The fourth-order valence-electron chi connectivity index (χ4n) is 2.30. The van der Waals surface area contributed by atoms with E-state index in [-0.39, 0.29) is 0 Å². The molecule has 0 fully saturated rings. The Balaban J connectivity index is 3.93. The largest absolute Gasteiger partial charge is 0.0654 e.